The van der Waals surface area contributed by atoms with E-state index < -0.39 is 4.92 Å². The van der Waals surface area contributed by atoms with Gasteiger partial charge in [-0.05, 0) is 17.7 Å². The van der Waals surface area contributed by atoms with Crippen molar-refractivity contribution in [3.8, 4) is 0 Å². The van der Waals surface area contributed by atoms with Crippen LogP contribution in [0.3, 0.4) is 0 Å². The minimum absolute atomic E-state index is 0.108. The van der Waals surface area contributed by atoms with Crippen LogP contribution in [0.1, 0.15) is 15.9 Å². The number of non-ortho nitro benzene ring substituents is 1. The lowest BCUT2D eigenvalue weighted by Gasteiger charge is -2.27. The van der Waals surface area contributed by atoms with Gasteiger partial charge in [-0.1, -0.05) is 6.07 Å². The molecule has 1 N–H and O–H groups in total. The first-order valence-electron chi connectivity index (χ1n) is 7.93. The number of nitro benzene ring substituents is 1. The molecule has 8 nitrogen and oxygen atoms in total. The Morgan fingerprint density at radius 2 is 2.12 bits per heavy atom. The second-order valence-electron chi connectivity index (χ2n) is 5.61. The van der Waals surface area contributed by atoms with Gasteiger partial charge in [0.25, 0.3) is 11.6 Å². The van der Waals surface area contributed by atoms with Crippen LogP contribution in [0.25, 0.3) is 0 Å². The summed E-state index contributed by atoms with van der Waals surface area (Å²) in [6, 6.07) is 8.02. The van der Waals surface area contributed by atoms with Crippen LogP contribution < -0.4 is 5.32 Å². The summed E-state index contributed by atoms with van der Waals surface area (Å²) in [4.78, 5) is 29.1. The number of nitro groups is 1. The summed E-state index contributed by atoms with van der Waals surface area (Å²) in [5.74, 6) is -0.235. The number of rotatable bonds is 5. The Bertz CT molecular complexity index is 760. The van der Waals surface area contributed by atoms with E-state index in [1.165, 1.54) is 12.1 Å². The fourth-order valence-electron chi connectivity index (χ4n) is 2.61. The summed E-state index contributed by atoms with van der Waals surface area (Å²) >= 11 is 0. The Kier molecular flexibility index (Phi) is 5.20. The summed E-state index contributed by atoms with van der Waals surface area (Å²) in [7, 11) is 0. The average molecular weight is 342 g/mol. The Labute approximate surface area is 144 Å². The predicted molar refractivity (Wildman–Crippen MR) is 91.4 cm³/mol. The quantitative estimate of drug-likeness (QED) is 0.660. The third-order valence-corrected chi connectivity index (χ3v) is 3.95. The summed E-state index contributed by atoms with van der Waals surface area (Å²) < 4.78 is 5.26. The molecule has 2 heterocycles. The number of nitrogens with zero attached hydrogens (tertiary/aromatic N) is 3. The minimum atomic E-state index is -0.499. The number of ether oxygens (including phenoxy) is 1. The van der Waals surface area contributed by atoms with Crippen molar-refractivity contribution in [1.82, 2.24) is 9.88 Å². The van der Waals surface area contributed by atoms with E-state index in [9.17, 15) is 14.9 Å². The fourth-order valence-corrected chi connectivity index (χ4v) is 2.61. The van der Waals surface area contributed by atoms with E-state index in [1.54, 1.807) is 23.4 Å². The predicted octanol–water partition coefficient (Wildman–Crippen LogP) is 2.07. The highest BCUT2D eigenvalue weighted by Crippen LogP contribution is 2.24. The molecule has 3 rings (SSSR count). The molecule has 1 aromatic carbocycles. The van der Waals surface area contributed by atoms with Crippen LogP contribution in [0.2, 0.25) is 0 Å². The third-order valence-electron chi connectivity index (χ3n) is 3.95. The molecular formula is C17H18N4O4. The molecule has 1 aliphatic rings. The number of amides is 1. The number of carbonyl (C=O) groups is 1. The zero-order chi connectivity index (χ0) is 17.6. The van der Waals surface area contributed by atoms with Gasteiger partial charge in [-0.15, -0.1) is 0 Å². The number of pyridine rings is 1. The van der Waals surface area contributed by atoms with Gasteiger partial charge in [0.15, 0.2) is 0 Å². The van der Waals surface area contributed by atoms with Crippen LogP contribution in [0, 0.1) is 10.1 Å². The average Bonchev–Trinajstić information content (AvgIpc) is 2.67. The first-order chi connectivity index (χ1) is 12.1. The molecular weight excluding hydrogens is 324 g/mol. The molecule has 25 heavy (non-hydrogen) atoms. The van der Waals surface area contributed by atoms with Crippen LogP contribution in [-0.2, 0) is 11.3 Å². The molecule has 1 fully saturated rings. The number of hydrogen-bond donors (Lipinski definition) is 1. The van der Waals surface area contributed by atoms with E-state index in [0.29, 0.717) is 44.1 Å². The van der Waals surface area contributed by atoms with Crippen molar-refractivity contribution >= 4 is 17.3 Å². The highest BCUT2D eigenvalue weighted by Gasteiger charge is 2.23. The van der Waals surface area contributed by atoms with Gasteiger partial charge in [-0.25, -0.2) is 0 Å². The van der Waals surface area contributed by atoms with Crippen LogP contribution in [0.5, 0.6) is 0 Å². The van der Waals surface area contributed by atoms with Crippen molar-refractivity contribution in [2.75, 3.05) is 31.6 Å². The molecule has 0 bridgehead atoms. The number of anilines is 1. The molecule has 0 saturated carbocycles. The summed E-state index contributed by atoms with van der Waals surface area (Å²) in [6.45, 7) is 2.36. The number of aromatic nitrogens is 1. The summed E-state index contributed by atoms with van der Waals surface area (Å²) in [6.07, 6.45) is 3.41. The highest BCUT2D eigenvalue weighted by atomic mass is 16.6. The van der Waals surface area contributed by atoms with Crippen molar-refractivity contribution in [1.29, 1.82) is 0 Å². The van der Waals surface area contributed by atoms with Crippen molar-refractivity contribution in [3.05, 3.63) is 64.0 Å². The Hall–Kier alpha value is -3.00. The van der Waals surface area contributed by atoms with Gasteiger partial charge < -0.3 is 15.0 Å². The highest BCUT2D eigenvalue weighted by molar-refractivity contribution is 6.00. The SMILES string of the molecule is O=C(c1cc([N+](=O)[O-])ccc1NCc1cccnc1)N1CCOCC1. The second-order valence-corrected chi connectivity index (χ2v) is 5.61. The van der Waals surface area contributed by atoms with Gasteiger partial charge in [-0.2, -0.15) is 0 Å². The summed E-state index contributed by atoms with van der Waals surface area (Å²) in [5.41, 5.74) is 1.69. The van der Waals surface area contributed by atoms with Crippen molar-refractivity contribution in [2.24, 2.45) is 0 Å². The van der Waals surface area contributed by atoms with E-state index in [1.807, 2.05) is 12.1 Å². The molecule has 0 radical (unpaired) electrons. The zero-order valence-electron chi connectivity index (χ0n) is 13.6. The fraction of sp³-hybridized carbons (Fsp3) is 0.294. The van der Waals surface area contributed by atoms with Gasteiger partial charge in [0.05, 0.1) is 23.7 Å². The zero-order valence-corrected chi connectivity index (χ0v) is 13.6. The minimum Gasteiger partial charge on any atom is -0.380 e. The van der Waals surface area contributed by atoms with Gasteiger partial charge in [0, 0.05) is 49.8 Å². The molecule has 2 aromatic rings. The van der Waals surface area contributed by atoms with Gasteiger partial charge in [0.2, 0.25) is 0 Å². The van der Waals surface area contributed by atoms with E-state index >= 15 is 0 Å². The Morgan fingerprint density at radius 1 is 1.32 bits per heavy atom. The number of carbonyl (C=O) groups excluding carboxylic acids is 1. The molecule has 0 spiro atoms. The van der Waals surface area contributed by atoms with E-state index in [-0.39, 0.29) is 11.6 Å². The van der Waals surface area contributed by atoms with Gasteiger partial charge >= 0.3 is 0 Å². The first kappa shape index (κ1) is 16.8. The second kappa shape index (κ2) is 7.71. The maximum absolute atomic E-state index is 12.8. The van der Waals surface area contributed by atoms with Crippen molar-refractivity contribution in [2.45, 2.75) is 6.54 Å². The van der Waals surface area contributed by atoms with Gasteiger partial charge in [-0.3, -0.25) is 19.9 Å². The maximum atomic E-state index is 12.8. The standard InChI is InChI=1S/C17H18N4O4/c22-17(20-6-8-25-9-7-20)15-10-14(21(23)24)3-4-16(15)19-12-13-2-1-5-18-11-13/h1-5,10-11,19H,6-9,12H2. The Morgan fingerprint density at radius 3 is 2.80 bits per heavy atom. The van der Waals surface area contributed by atoms with Crippen LogP contribution in [-0.4, -0.2) is 47.0 Å². The monoisotopic (exact) mass is 342 g/mol. The molecule has 0 aliphatic carbocycles. The van der Waals surface area contributed by atoms with Crippen LogP contribution in [0.15, 0.2) is 42.7 Å². The van der Waals surface area contributed by atoms with E-state index in [2.05, 4.69) is 10.3 Å². The maximum Gasteiger partial charge on any atom is 0.270 e. The number of morpholine rings is 1. The Balaban J connectivity index is 1.85. The lowest BCUT2D eigenvalue weighted by atomic mass is 10.1. The number of benzene rings is 1. The van der Waals surface area contributed by atoms with Crippen LogP contribution >= 0.6 is 0 Å². The molecule has 1 aliphatic heterocycles. The first-order valence-corrected chi connectivity index (χ1v) is 7.93. The number of nitrogens with one attached hydrogen (secondary N) is 1. The van der Waals surface area contributed by atoms with Crippen molar-refractivity contribution in [3.63, 3.8) is 0 Å². The molecule has 1 saturated heterocycles. The molecule has 1 aromatic heterocycles. The molecule has 0 atom stereocenters. The third kappa shape index (κ3) is 4.10. The van der Waals surface area contributed by atoms with Crippen molar-refractivity contribution < 1.29 is 14.5 Å². The molecule has 130 valence electrons. The largest absolute Gasteiger partial charge is 0.380 e. The number of hydrogen-bond acceptors (Lipinski definition) is 6. The normalized spacial score (nSPS) is 14.2. The molecule has 8 heteroatoms. The lowest BCUT2D eigenvalue weighted by molar-refractivity contribution is -0.384. The lowest BCUT2D eigenvalue weighted by Crippen LogP contribution is -2.40. The smallest absolute Gasteiger partial charge is 0.270 e. The van der Waals surface area contributed by atoms with Crippen LogP contribution in [0.4, 0.5) is 11.4 Å². The van der Waals surface area contributed by atoms with E-state index in [4.69, 9.17) is 4.74 Å². The van der Waals surface area contributed by atoms with E-state index in [0.717, 1.165) is 5.56 Å². The molecule has 1 amide bonds. The molecule has 0 unspecified atom stereocenters. The summed E-state index contributed by atoms with van der Waals surface area (Å²) in [5, 5.41) is 14.2. The van der Waals surface area contributed by atoms with Gasteiger partial charge in [0.1, 0.15) is 0 Å². The topological polar surface area (TPSA) is 97.6 Å².